The van der Waals surface area contributed by atoms with Crippen molar-refractivity contribution in [2.45, 2.75) is 38.6 Å². The number of aromatic nitrogens is 1. The highest BCUT2D eigenvalue weighted by molar-refractivity contribution is 5.92. The van der Waals surface area contributed by atoms with E-state index in [-0.39, 0.29) is 5.91 Å². The fourth-order valence-corrected chi connectivity index (χ4v) is 2.45. The van der Waals surface area contributed by atoms with E-state index in [0.29, 0.717) is 5.56 Å². The molecule has 3 nitrogen and oxygen atoms in total. The maximum Gasteiger partial charge on any atom is 0.254 e. The molecule has 1 fully saturated rings. The summed E-state index contributed by atoms with van der Waals surface area (Å²) in [5.41, 5.74) is 5.86. The van der Waals surface area contributed by atoms with Crippen LogP contribution in [-0.4, -0.2) is 5.91 Å². The molecular formula is C13H19N2O+. The van der Waals surface area contributed by atoms with E-state index in [2.05, 4.69) is 4.57 Å². The van der Waals surface area contributed by atoms with Crippen molar-refractivity contribution in [2.75, 3.05) is 0 Å². The number of rotatable bonds is 3. The van der Waals surface area contributed by atoms with Gasteiger partial charge in [0.2, 0.25) is 0 Å². The quantitative estimate of drug-likeness (QED) is 0.772. The molecule has 1 aliphatic rings. The number of nitrogens with zero attached hydrogens (tertiary/aromatic N) is 1. The molecule has 0 radical (unpaired) electrons. The van der Waals surface area contributed by atoms with E-state index >= 15 is 0 Å². The van der Waals surface area contributed by atoms with Gasteiger partial charge in [-0.25, -0.2) is 4.57 Å². The molecule has 0 spiro atoms. The molecule has 0 saturated heterocycles. The molecule has 1 aliphatic carbocycles. The standard InChI is InChI=1S/C13H18N2O/c14-13(16)12-7-4-8-15(10-12)9-11-5-2-1-3-6-11/h4,7-8,10-11H,1-3,5-6,9H2,(H-,14,16)/p+1. The lowest BCUT2D eigenvalue weighted by molar-refractivity contribution is -0.703. The Hall–Kier alpha value is -1.38. The number of carbonyl (C=O) groups is 1. The van der Waals surface area contributed by atoms with Gasteiger partial charge in [0.1, 0.15) is 5.56 Å². The average Bonchev–Trinajstić information content (AvgIpc) is 2.30. The molecule has 2 rings (SSSR count). The summed E-state index contributed by atoms with van der Waals surface area (Å²) >= 11 is 0. The molecule has 3 heteroatoms. The Morgan fingerprint density at radius 3 is 2.81 bits per heavy atom. The van der Waals surface area contributed by atoms with Crippen LogP contribution < -0.4 is 10.3 Å². The van der Waals surface area contributed by atoms with Gasteiger partial charge in [0, 0.05) is 12.0 Å². The van der Waals surface area contributed by atoms with Crippen LogP contribution in [-0.2, 0) is 6.54 Å². The second-order valence-corrected chi connectivity index (χ2v) is 4.66. The lowest BCUT2D eigenvalue weighted by atomic mass is 9.89. The van der Waals surface area contributed by atoms with Crippen LogP contribution in [0.1, 0.15) is 42.5 Å². The fourth-order valence-electron chi connectivity index (χ4n) is 2.45. The van der Waals surface area contributed by atoms with E-state index in [1.54, 1.807) is 6.07 Å². The lowest BCUT2D eigenvalue weighted by Gasteiger charge is -2.18. The molecule has 1 heterocycles. The van der Waals surface area contributed by atoms with Crippen molar-refractivity contribution < 1.29 is 9.36 Å². The minimum atomic E-state index is -0.349. The summed E-state index contributed by atoms with van der Waals surface area (Å²) in [5, 5.41) is 0. The van der Waals surface area contributed by atoms with Gasteiger partial charge in [-0.3, -0.25) is 4.79 Å². The van der Waals surface area contributed by atoms with Crippen molar-refractivity contribution in [1.82, 2.24) is 0 Å². The number of hydrogen-bond donors (Lipinski definition) is 1. The highest BCUT2D eigenvalue weighted by Gasteiger charge is 2.18. The Bertz CT molecular complexity index is 370. The molecule has 16 heavy (non-hydrogen) atoms. The predicted molar refractivity (Wildman–Crippen MR) is 61.7 cm³/mol. The first-order valence-electron chi connectivity index (χ1n) is 6.04. The van der Waals surface area contributed by atoms with E-state index in [0.717, 1.165) is 12.5 Å². The Morgan fingerprint density at radius 2 is 2.12 bits per heavy atom. The van der Waals surface area contributed by atoms with Crippen molar-refractivity contribution in [1.29, 1.82) is 0 Å². The van der Waals surface area contributed by atoms with E-state index in [9.17, 15) is 4.79 Å². The molecule has 0 atom stereocenters. The van der Waals surface area contributed by atoms with Crippen molar-refractivity contribution in [3.63, 3.8) is 0 Å². The Kier molecular flexibility index (Phi) is 3.54. The third-order valence-electron chi connectivity index (χ3n) is 3.34. The number of primary amides is 1. The predicted octanol–water partition coefficient (Wildman–Crippen LogP) is 1.65. The first-order valence-corrected chi connectivity index (χ1v) is 6.04. The molecule has 1 aromatic heterocycles. The van der Waals surface area contributed by atoms with Gasteiger partial charge in [0.05, 0.1) is 0 Å². The summed E-state index contributed by atoms with van der Waals surface area (Å²) in [6.07, 6.45) is 10.6. The Morgan fingerprint density at radius 1 is 1.38 bits per heavy atom. The summed E-state index contributed by atoms with van der Waals surface area (Å²) < 4.78 is 2.09. The van der Waals surface area contributed by atoms with Crippen molar-refractivity contribution in [3.8, 4) is 0 Å². The number of nitrogens with two attached hydrogens (primary N) is 1. The second kappa shape index (κ2) is 5.10. The molecule has 0 bridgehead atoms. The Labute approximate surface area is 96.3 Å². The normalized spacial score (nSPS) is 17.2. The second-order valence-electron chi connectivity index (χ2n) is 4.66. The van der Waals surface area contributed by atoms with Crippen LogP contribution in [0.3, 0.4) is 0 Å². The van der Waals surface area contributed by atoms with Gasteiger partial charge in [-0.05, 0) is 18.9 Å². The van der Waals surface area contributed by atoms with Gasteiger partial charge in [-0.1, -0.05) is 19.3 Å². The summed E-state index contributed by atoms with van der Waals surface area (Å²) in [6.45, 7) is 1.02. The van der Waals surface area contributed by atoms with Gasteiger partial charge < -0.3 is 5.73 Å². The molecular weight excluding hydrogens is 200 g/mol. The van der Waals surface area contributed by atoms with Crippen LogP contribution in [0.15, 0.2) is 24.5 Å². The average molecular weight is 219 g/mol. The highest BCUT2D eigenvalue weighted by atomic mass is 16.1. The third-order valence-corrected chi connectivity index (χ3v) is 3.34. The molecule has 1 saturated carbocycles. The number of carbonyl (C=O) groups excluding carboxylic acids is 1. The van der Waals surface area contributed by atoms with Crippen molar-refractivity contribution in [2.24, 2.45) is 11.7 Å². The SMILES string of the molecule is NC(=O)c1ccc[n+](CC2CCCCC2)c1. The smallest absolute Gasteiger partial charge is 0.254 e. The van der Waals surface area contributed by atoms with Gasteiger partial charge in [-0.2, -0.15) is 0 Å². The zero-order chi connectivity index (χ0) is 11.4. The first kappa shape index (κ1) is 11.1. The zero-order valence-electron chi connectivity index (χ0n) is 9.56. The highest BCUT2D eigenvalue weighted by Crippen LogP contribution is 2.23. The largest absolute Gasteiger partial charge is 0.365 e. The number of pyridine rings is 1. The zero-order valence-corrected chi connectivity index (χ0v) is 9.56. The summed E-state index contributed by atoms with van der Waals surface area (Å²) in [7, 11) is 0. The van der Waals surface area contributed by atoms with Crippen molar-refractivity contribution >= 4 is 5.91 Å². The van der Waals surface area contributed by atoms with Crippen LogP contribution in [0, 0.1) is 5.92 Å². The topological polar surface area (TPSA) is 47.0 Å². The molecule has 0 unspecified atom stereocenters. The maximum atomic E-state index is 11.1. The number of amides is 1. The van der Waals surface area contributed by atoms with E-state index < -0.39 is 0 Å². The monoisotopic (exact) mass is 219 g/mol. The van der Waals surface area contributed by atoms with Gasteiger partial charge in [0.25, 0.3) is 5.91 Å². The van der Waals surface area contributed by atoms with Crippen LogP contribution in [0.2, 0.25) is 0 Å². The van der Waals surface area contributed by atoms with E-state index in [4.69, 9.17) is 5.73 Å². The fraction of sp³-hybridized carbons (Fsp3) is 0.538. The minimum Gasteiger partial charge on any atom is -0.365 e. The molecule has 0 aliphatic heterocycles. The van der Waals surface area contributed by atoms with E-state index in [1.165, 1.54) is 32.1 Å². The molecule has 1 amide bonds. The van der Waals surface area contributed by atoms with Crippen LogP contribution in [0.25, 0.3) is 0 Å². The van der Waals surface area contributed by atoms with Gasteiger partial charge in [-0.15, -0.1) is 0 Å². The molecule has 1 aromatic rings. The minimum absolute atomic E-state index is 0.349. The number of hydrogen-bond acceptors (Lipinski definition) is 1. The van der Waals surface area contributed by atoms with Crippen LogP contribution in [0.5, 0.6) is 0 Å². The van der Waals surface area contributed by atoms with Crippen molar-refractivity contribution in [3.05, 3.63) is 30.1 Å². The van der Waals surface area contributed by atoms with Crippen LogP contribution >= 0.6 is 0 Å². The van der Waals surface area contributed by atoms with Gasteiger partial charge in [0.15, 0.2) is 18.9 Å². The summed E-state index contributed by atoms with van der Waals surface area (Å²) in [6, 6.07) is 3.66. The maximum absolute atomic E-state index is 11.1. The first-order chi connectivity index (χ1) is 7.75. The molecule has 0 aromatic carbocycles. The van der Waals surface area contributed by atoms with Gasteiger partial charge >= 0.3 is 0 Å². The van der Waals surface area contributed by atoms with E-state index in [1.807, 2.05) is 18.5 Å². The lowest BCUT2D eigenvalue weighted by Crippen LogP contribution is -2.38. The Balaban J connectivity index is 2.02. The molecule has 86 valence electrons. The summed E-state index contributed by atoms with van der Waals surface area (Å²) in [4.78, 5) is 11.1. The molecule has 2 N–H and O–H groups in total. The third kappa shape index (κ3) is 2.81. The van der Waals surface area contributed by atoms with Crippen LogP contribution in [0.4, 0.5) is 0 Å². The summed E-state index contributed by atoms with van der Waals surface area (Å²) in [5.74, 6) is 0.417.